The van der Waals surface area contributed by atoms with Gasteiger partial charge in [0, 0.05) is 12.1 Å². The van der Waals surface area contributed by atoms with Gasteiger partial charge in [0.1, 0.15) is 0 Å². The third-order valence-electron chi connectivity index (χ3n) is 2.16. The predicted octanol–water partition coefficient (Wildman–Crippen LogP) is 2.54. The molecule has 1 aromatic rings. The van der Waals surface area contributed by atoms with Crippen molar-refractivity contribution in [2.24, 2.45) is 5.92 Å². The van der Waals surface area contributed by atoms with Crippen LogP contribution < -0.4 is 11.1 Å². The number of nitrogens with one attached hydrogen (secondary N) is 1. The van der Waals surface area contributed by atoms with Crippen molar-refractivity contribution >= 4 is 17.2 Å². The standard InChI is InChI=1S/C12H18N2O/c1-8(2)7-14-12-5-4-10(9(3)15)6-11(12)13/h4-6,8,14H,7,13H2,1-3H3. The number of nitrogen functional groups attached to an aromatic ring is 1. The third-order valence-corrected chi connectivity index (χ3v) is 2.16. The lowest BCUT2D eigenvalue weighted by molar-refractivity contribution is 0.101. The summed E-state index contributed by atoms with van der Waals surface area (Å²) in [5.74, 6) is 0.606. The van der Waals surface area contributed by atoms with Gasteiger partial charge in [0.05, 0.1) is 11.4 Å². The van der Waals surface area contributed by atoms with Gasteiger partial charge in [-0.25, -0.2) is 0 Å². The lowest BCUT2D eigenvalue weighted by atomic mass is 10.1. The molecule has 0 heterocycles. The molecule has 0 saturated carbocycles. The van der Waals surface area contributed by atoms with E-state index in [0.717, 1.165) is 12.2 Å². The van der Waals surface area contributed by atoms with Crippen LogP contribution in [0.2, 0.25) is 0 Å². The number of rotatable bonds is 4. The number of hydrogen-bond donors (Lipinski definition) is 2. The highest BCUT2D eigenvalue weighted by atomic mass is 16.1. The van der Waals surface area contributed by atoms with Crippen LogP contribution in [0.15, 0.2) is 18.2 Å². The molecule has 3 nitrogen and oxygen atoms in total. The van der Waals surface area contributed by atoms with E-state index in [1.54, 1.807) is 12.1 Å². The van der Waals surface area contributed by atoms with Crippen LogP contribution in [-0.4, -0.2) is 12.3 Å². The highest BCUT2D eigenvalue weighted by Crippen LogP contribution is 2.20. The normalized spacial score (nSPS) is 10.4. The van der Waals surface area contributed by atoms with E-state index in [2.05, 4.69) is 19.2 Å². The number of carbonyl (C=O) groups is 1. The quantitative estimate of drug-likeness (QED) is 0.588. The average Bonchev–Trinajstić information content (AvgIpc) is 2.15. The van der Waals surface area contributed by atoms with E-state index >= 15 is 0 Å². The van der Waals surface area contributed by atoms with Crippen LogP contribution in [-0.2, 0) is 0 Å². The van der Waals surface area contributed by atoms with E-state index in [1.165, 1.54) is 6.92 Å². The Morgan fingerprint density at radius 1 is 1.47 bits per heavy atom. The van der Waals surface area contributed by atoms with Gasteiger partial charge in [0.15, 0.2) is 5.78 Å². The fourth-order valence-corrected chi connectivity index (χ4v) is 1.26. The topological polar surface area (TPSA) is 55.1 Å². The van der Waals surface area contributed by atoms with Gasteiger partial charge >= 0.3 is 0 Å². The minimum Gasteiger partial charge on any atom is -0.397 e. The lowest BCUT2D eigenvalue weighted by Gasteiger charge is -2.11. The number of nitrogens with two attached hydrogens (primary N) is 1. The van der Waals surface area contributed by atoms with Crippen LogP contribution in [0.4, 0.5) is 11.4 Å². The van der Waals surface area contributed by atoms with Crippen molar-refractivity contribution in [2.45, 2.75) is 20.8 Å². The van der Waals surface area contributed by atoms with Gasteiger partial charge in [0.2, 0.25) is 0 Å². The van der Waals surface area contributed by atoms with E-state index in [1.807, 2.05) is 6.07 Å². The van der Waals surface area contributed by atoms with Gasteiger partial charge in [-0.3, -0.25) is 4.79 Å². The van der Waals surface area contributed by atoms with Crippen molar-refractivity contribution in [1.29, 1.82) is 0 Å². The SMILES string of the molecule is CC(=O)c1ccc(NCC(C)C)c(N)c1. The summed E-state index contributed by atoms with van der Waals surface area (Å²) in [6.45, 7) is 6.68. The molecule has 0 amide bonds. The molecule has 0 bridgehead atoms. The smallest absolute Gasteiger partial charge is 0.159 e. The molecule has 0 atom stereocenters. The number of benzene rings is 1. The van der Waals surface area contributed by atoms with Crippen molar-refractivity contribution in [1.82, 2.24) is 0 Å². The van der Waals surface area contributed by atoms with Gasteiger partial charge in [-0.15, -0.1) is 0 Å². The Hall–Kier alpha value is -1.51. The average molecular weight is 206 g/mol. The van der Waals surface area contributed by atoms with Crippen molar-refractivity contribution in [3.8, 4) is 0 Å². The summed E-state index contributed by atoms with van der Waals surface area (Å²) in [5.41, 5.74) is 8.01. The fraction of sp³-hybridized carbons (Fsp3) is 0.417. The highest BCUT2D eigenvalue weighted by Gasteiger charge is 2.04. The second-order valence-electron chi connectivity index (χ2n) is 4.13. The summed E-state index contributed by atoms with van der Waals surface area (Å²) in [6.07, 6.45) is 0. The van der Waals surface area contributed by atoms with Gasteiger partial charge in [-0.1, -0.05) is 13.8 Å². The van der Waals surface area contributed by atoms with Crippen LogP contribution in [0, 0.1) is 5.92 Å². The van der Waals surface area contributed by atoms with Crippen LogP contribution in [0.5, 0.6) is 0 Å². The molecule has 15 heavy (non-hydrogen) atoms. The van der Waals surface area contributed by atoms with E-state index in [-0.39, 0.29) is 5.78 Å². The first-order valence-electron chi connectivity index (χ1n) is 5.15. The molecular weight excluding hydrogens is 188 g/mol. The highest BCUT2D eigenvalue weighted by molar-refractivity contribution is 5.95. The van der Waals surface area contributed by atoms with Crippen molar-refractivity contribution < 1.29 is 4.79 Å². The number of ketones is 1. The number of carbonyl (C=O) groups excluding carboxylic acids is 1. The van der Waals surface area contributed by atoms with Gasteiger partial charge in [-0.2, -0.15) is 0 Å². The predicted molar refractivity (Wildman–Crippen MR) is 64.2 cm³/mol. The van der Waals surface area contributed by atoms with Crippen LogP contribution in [0.3, 0.4) is 0 Å². The molecule has 0 aromatic heterocycles. The Kier molecular flexibility index (Phi) is 3.72. The molecule has 0 aliphatic rings. The first-order valence-corrected chi connectivity index (χ1v) is 5.15. The summed E-state index contributed by atoms with van der Waals surface area (Å²) in [4.78, 5) is 11.1. The van der Waals surface area contributed by atoms with Crippen LogP contribution in [0.1, 0.15) is 31.1 Å². The molecule has 0 unspecified atom stereocenters. The number of hydrogen-bond acceptors (Lipinski definition) is 3. The molecule has 0 saturated heterocycles. The van der Waals surface area contributed by atoms with E-state index in [9.17, 15) is 4.79 Å². The number of Topliss-reactive ketones (excluding diaryl/α,β-unsaturated/α-hetero) is 1. The van der Waals surface area contributed by atoms with Crippen molar-refractivity contribution in [3.05, 3.63) is 23.8 Å². The van der Waals surface area contributed by atoms with Gasteiger partial charge < -0.3 is 11.1 Å². The van der Waals surface area contributed by atoms with Crippen LogP contribution in [0.25, 0.3) is 0 Å². The minimum atomic E-state index is 0.0390. The zero-order valence-corrected chi connectivity index (χ0v) is 9.50. The summed E-state index contributed by atoms with van der Waals surface area (Å²) >= 11 is 0. The Labute approximate surface area is 90.7 Å². The molecule has 0 aliphatic carbocycles. The lowest BCUT2D eigenvalue weighted by Crippen LogP contribution is -2.10. The third kappa shape index (κ3) is 3.27. The molecular formula is C12H18N2O. The largest absolute Gasteiger partial charge is 0.397 e. The molecule has 0 aliphatic heterocycles. The Balaban J connectivity index is 2.79. The van der Waals surface area contributed by atoms with E-state index in [0.29, 0.717) is 17.2 Å². The first kappa shape index (κ1) is 11.6. The summed E-state index contributed by atoms with van der Waals surface area (Å²) in [7, 11) is 0. The van der Waals surface area contributed by atoms with Crippen molar-refractivity contribution in [3.63, 3.8) is 0 Å². The molecule has 3 N–H and O–H groups in total. The minimum absolute atomic E-state index is 0.0390. The monoisotopic (exact) mass is 206 g/mol. The second-order valence-corrected chi connectivity index (χ2v) is 4.13. The van der Waals surface area contributed by atoms with E-state index < -0.39 is 0 Å². The van der Waals surface area contributed by atoms with Crippen molar-refractivity contribution in [2.75, 3.05) is 17.6 Å². The van der Waals surface area contributed by atoms with E-state index in [4.69, 9.17) is 5.73 Å². The zero-order valence-electron chi connectivity index (χ0n) is 9.50. The maximum atomic E-state index is 11.1. The van der Waals surface area contributed by atoms with Gasteiger partial charge in [0.25, 0.3) is 0 Å². The molecule has 1 rings (SSSR count). The Bertz CT molecular complexity index is 359. The Morgan fingerprint density at radius 2 is 2.13 bits per heavy atom. The fourth-order valence-electron chi connectivity index (χ4n) is 1.26. The zero-order chi connectivity index (χ0) is 11.4. The summed E-state index contributed by atoms with van der Waals surface area (Å²) in [6, 6.07) is 5.36. The summed E-state index contributed by atoms with van der Waals surface area (Å²) < 4.78 is 0. The molecule has 0 spiro atoms. The second kappa shape index (κ2) is 4.82. The molecule has 3 heteroatoms. The molecule has 82 valence electrons. The first-order chi connectivity index (χ1) is 7.00. The molecule has 1 aromatic carbocycles. The molecule has 0 fully saturated rings. The Morgan fingerprint density at radius 3 is 2.60 bits per heavy atom. The maximum Gasteiger partial charge on any atom is 0.159 e. The number of anilines is 2. The maximum absolute atomic E-state index is 11.1. The van der Waals surface area contributed by atoms with Gasteiger partial charge in [-0.05, 0) is 31.0 Å². The molecule has 0 radical (unpaired) electrons. The van der Waals surface area contributed by atoms with Crippen LogP contribution >= 0.6 is 0 Å². The summed E-state index contributed by atoms with van der Waals surface area (Å²) in [5, 5.41) is 3.24.